The number of amides is 2. The Morgan fingerprint density at radius 1 is 1.15 bits per heavy atom. The van der Waals surface area contributed by atoms with E-state index in [2.05, 4.69) is 44.6 Å². The average Bonchev–Trinajstić information content (AvgIpc) is 3.18. The number of piperidine rings is 1. The summed E-state index contributed by atoms with van der Waals surface area (Å²) in [4.78, 5) is 23.6. The summed E-state index contributed by atoms with van der Waals surface area (Å²) in [6.07, 6.45) is 8.40. The van der Waals surface area contributed by atoms with Crippen LogP contribution in [0, 0.1) is 5.92 Å². The number of urea groups is 1. The van der Waals surface area contributed by atoms with Crippen LogP contribution < -0.4 is 10.6 Å². The van der Waals surface area contributed by atoms with Gasteiger partial charge in [-0.3, -0.25) is 0 Å². The Balaban J connectivity index is 1.23. The number of hydrogen-bond donors (Lipinski definition) is 2. The standard InChI is InChI=1S/C26H34N6O/c1-26(2,3)30-25(33)31-14-10-18(11-15-31)16-28-24-27-12-9-22(29-24)21-17-32-13-5-7-19-6-4-8-20(21)23(19)32/h4,6,8-9,12,17-18H,5,7,10-11,13-16H2,1-3H3,(H,30,33)(H,27,28,29). The lowest BCUT2D eigenvalue weighted by atomic mass is 9.97. The predicted molar refractivity (Wildman–Crippen MR) is 132 cm³/mol. The molecule has 2 N–H and O–H groups in total. The number of benzene rings is 1. The summed E-state index contributed by atoms with van der Waals surface area (Å²) in [5.41, 5.74) is 4.72. The minimum absolute atomic E-state index is 0.0382. The van der Waals surface area contributed by atoms with Crippen LogP contribution in [0.4, 0.5) is 10.7 Å². The number of likely N-dealkylation sites (tertiary alicyclic amines) is 1. The molecule has 0 aliphatic carbocycles. The maximum absolute atomic E-state index is 12.4. The van der Waals surface area contributed by atoms with E-state index in [0.717, 1.165) is 51.1 Å². The van der Waals surface area contributed by atoms with Crippen molar-refractivity contribution >= 4 is 22.9 Å². The fourth-order valence-corrected chi connectivity index (χ4v) is 5.03. The fraction of sp³-hybridized carbons (Fsp3) is 0.500. The lowest BCUT2D eigenvalue weighted by molar-refractivity contribution is 0.165. The molecule has 7 nitrogen and oxygen atoms in total. The molecule has 0 radical (unpaired) electrons. The molecule has 7 heteroatoms. The predicted octanol–water partition coefficient (Wildman–Crippen LogP) is 4.68. The summed E-state index contributed by atoms with van der Waals surface area (Å²) in [6.45, 7) is 9.51. The number of aryl methyl sites for hydroxylation is 2. The minimum Gasteiger partial charge on any atom is -0.354 e. The van der Waals surface area contributed by atoms with Gasteiger partial charge in [-0.1, -0.05) is 18.2 Å². The monoisotopic (exact) mass is 446 g/mol. The van der Waals surface area contributed by atoms with E-state index in [1.54, 1.807) is 0 Å². The number of nitrogens with one attached hydrogen (secondary N) is 2. The van der Waals surface area contributed by atoms with E-state index in [0.29, 0.717) is 11.9 Å². The highest BCUT2D eigenvalue weighted by molar-refractivity contribution is 5.97. The molecular formula is C26H34N6O. The van der Waals surface area contributed by atoms with Crippen LogP contribution in [0.5, 0.6) is 0 Å². The van der Waals surface area contributed by atoms with Crippen molar-refractivity contribution in [3.8, 4) is 11.3 Å². The highest BCUT2D eigenvalue weighted by atomic mass is 16.2. The smallest absolute Gasteiger partial charge is 0.317 e. The number of nitrogens with zero attached hydrogens (tertiary/aromatic N) is 4. The molecule has 2 amide bonds. The number of rotatable bonds is 4. The molecule has 5 rings (SSSR count). The van der Waals surface area contributed by atoms with Gasteiger partial charge in [0, 0.05) is 55.1 Å². The molecule has 33 heavy (non-hydrogen) atoms. The number of hydrogen-bond acceptors (Lipinski definition) is 4. The lowest BCUT2D eigenvalue weighted by Crippen LogP contribution is -2.51. The number of para-hydroxylation sites is 1. The van der Waals surface area contributed by atoms with Gasteiger partial charge in [0.05, 0.1) is 11.2 Å². The molecule has 1 aromatic carbocycles. The van der Waals surface area contributed by atoms with Crippen LogP contribution in [0.1, 0.15) is 45.6 Å². The molecule has 3 aromatic rings. The van der Waals surface area contributed by atoms with Crippen LogP contribution >= 0.6 is 0 Å². The zero-order chi connectivity index (χ0) is 23.0. The van der Waals surface area contributed by atoms with Crippen molar-refractivity contribution in [3.63, 3.8) is 0 Å². The van der Waals surface area contributed by atoms with Gasteiger partial charge in [0.1, 0.15) is 0 Å². The molecule has 4 heterocycles. The van der Waals surface area contributed by atoms with Gasteiger partial charge in [0.15, 0.2) is 0 Å². The van der Waals surface area contributed by atoms with E-state index in [1.165, 1.54) is 28.5 Å². The Kier molecular flexibility index (Phi) is 5.72. The summed E-state index contributed by atoms with van der Waals surface area (Å²) in [6, 6.07) is 8.64. The molecule has 0 saturated carbocycles. The second-order valence-corrected chi connectivity index (χ2v) is 10.4. The first kappa shape index (κ1) is 21.7. The molecule has 2 aromatic heterocycles. The third kappa shape index (κ3) is 4.68. The topological polar surface area (TPSA) is 75.1 Å². The van der Waals surface area contributed by atoms with Crippen molar-refractivity contribution in [3.05, 3.63) is 42.2 Å². The Hall–Kier alpha value is -3.09. The Bertz CT molecular complexity index is 1150. The van der Waals surface area contributed by atoms with Gasteiger partial charge in [-0.05, 0) is 64.0 Å². The third-order valence-corrected chi connectivity index (χ3v) is 6.69. The van der Waals surface area contributed by atoms with Crippen molar-refractivity contribution in [1.82, 2.24) is 24.8 Å². The summed E-state index contributed by atoms with van der Waals surface area (Å²) in [5.74, 6) is 1.18. The fourth-order valence-electron chi connectivity index (χ4n) is 5.03. The minimum atomic E-state index is -0.205. The Morgan fingerprint density at radius 2 is 1.97 bits per heavy atom. The quantitative estimate of drug-likeness (QED) is 0.610. The van der Waals surface area contributed by atoms with E-state index >= 15 is 0 Å². The van der Waals surface area contributed by atoms with Crippen molar-refractivity contribution in [2.24, 2.45) is 5.92 Å². The molecule has 2 aliphatic rings. The van der Waals surface area contributed by atoms with Crippen molar-refractivity contribution in [1.29, 1.82) is 0 Å². The van der Waals surface area contributed by atoms with Gasteiger partial charge >= 0.3 is 6.03 Å². The van der Waals surface area contributed by atoms with Gasteiger partial charge in [-0.2, -0.15) is 0 Å². The zero-order valence-electron chi connectivity index (χ0n) is 19.9. The molecule has 1 fully saturated rings. The Morgan fingerprint density at radius 3 is 2.76 bits per heavy atom. The summed E-state index contributed by atoms with van der Waals surface area (Å²) < 4.78 is 2.38. The highest BCUT2D eigenvalue weighted by Gasteiger charge is 2.25. The van der Waals surface area contributed by atoms with Crippen LogP contribution in [0.2, 0.25) is 0 Å². The normalized spacial score (nSPS) is 16.8. The van der Waals surface area contributed by atoms with E-state index in [4.69, 9.17) is 4.98 Å². The zero-order valence-corrected chi connectivity index (χ0v) is 19.9. The largest absolute Gasteiger partial charge is 0.354 e. The van der Waals surface area contributed by atoms with E-state index in [9.17, 15) is 4.79 Å². The average molecular weight is 447 g/mol. The first-order valence-corrected chi connectivity index (χ1v) is 12.1. The number of anilines is 1. The molecule has 2 aliphatic heterocycles. The molecule has 0 spiro atoms. The van der Waals surface area contributed by atoms with Gasteiger partial charge < -0.3 is 20.1 Å². The van der Waals surface area contributed by atoms with Crippen LogP contribution in [0.15, 0.2) is 36.7 Å². The van der Waals surface area contributed by atoms with E-state index in [1.807, 2.05) is 37.9 Å². The molecule has 1 saturated heterocycles. The van der Waals surface area contributed by atoms with Gasteiger partial charge in [0.25, 0.3) is 0 Å². The summed E-state index contributed by atoms with van der Waals surface area (Å²) in [5, 5.41) is 7.79. The van der Waals surface area contributed by atoms with Crippen LogP contribution in [-0.4, -0.2) is 50.6 Å². The first-order chi connectivity index (χ1) is 15.9. The van der Waals surface area contributed by atoms with Gasteiger partial charge in [0.2, 0.25) is 5.95 Å². The second-order valence-electron chi connectivity index (χ2n) is 10.4. The maximum atomic E-state index is 12.4. The summed E-state index contributed by atoms with van der Waals surface area (Å²) >= 11 is 0. The molecule has 0 bridgehead atoms. The number of carbonyl (C=O) groups excluding carboxylic acids is 1. The summed E-state index contributed by atoms with van der Waals surface area (Å²) in [7, 11) is 0. The maximum Gasteiger partial charge on any atom is 0.317 e. The van der Waals surface area contributed by atoms with Crippen molar-refractivity contribution < 1.29 is 4.79 Å². The SMILES string of the molecule is CC(C)(C)NC(=O)N1CCC(CNc2nccc(-c3cn4c5c(cccc35)CCC4)n2)CC1. The lowest BCUT2D eigenvalue weighted by Gasteiger charge is -2.34. The van der Waals surface area contributed by atoms with E-state index < -0.39 is 0 Å². The van der Waals surface area contributed by atoms with Crippen LogP contribution in [-0.2, 0) is 13.0 Å². The van der Waals surface area contributed by atoms with Crippen molar-refractivity contribution in [2.75, 3.05) is 25.0 Å². The highest BCUT2D eigenvalue weighted by Crippen LogP contribution is 2.34. The van der Waals surface area contributed by atoms with Crippen molar-refractivity contribution in [2.45, 2.75) is 58.5 Å². The van der Waals surface area contributed by atoms with E-state index in [-0.39, 0.29) is 11.6 Å². The molecular weight excluding hydrogens is 412 g/mol. The second kappa shape index (κ2) is 8.69. The van der Waals surface area contributed by atoms with Crippen LogP contribution in [0.3, 0.4) is 0 Å². The molecule has 0 atom stereocenters. The number of aromatic nitrogens is 3. The van der Waals surface area contributed by atoms with Gasteiger partial charge in [-0.15, -0.1) is 0 Å². The van der Waals surface area contributed by atoms with Crippen LogP contribution in [0.25, 0.3) is 22.2 Å². The van der Waals surface area contributed by atoms with Gasteiger partial charge in [-0.25, -0.2) is 14.8 Å². The molecule has 174 valence electrons. The third-order valence-electron chi connectivity index (χ3n) is 6.69. The molecule has 0 unspecified atom stereocenters. The first-order valence-electron chi connectivity index (χ1n) is 12.1. The number of carbonyl (C=O) groups is 1. The Labute approximate surface area is 195 Å².